The first-order valence-electron chi connectivity index (χ1n) is 14.0. The average Bonchev–Trinajstić information content (AvgIpc) is 3.15. The molecule has 4 heterocycles. The van der Waals surface area contributed by atoms with Crippen LogP contribution >= 0.6 is 0 Å². The number of carbonyl (C=O) groups is 3. The maximum atomic E-state index is 14.4. The Morgan fingerprint density at radius 3 is 2.38 bits per heavy atom. The molecule has 0 bridgehead atoms. The third-order valence-corrected chi connectivity index (χ3v) is 8.48. The Balaban J connectivity index is 1.57. The van der Waals surface area contributed by atoms with E-state index in [1.165, 1.54) is 0 Å². The minimum atomic E-state index is -1.27. The van der Waals surface area contributed by atoms with Gasteiger partial charge in [0, 0.05) is 38.0 Å². The Kier molecular flexibility index (Phi) is 7.33. The largest absolute Gasteiger partial charge is 0.494 e. The number of anilines is 1. The monoisotopic (exact) mass is 537 g/mol. The lowest BCUT2D eigenvalue weighted by Gasteiger charge is -2.38. The SMILES string of the molecule is CCOc1ccc(N2CC=C[C@]3(C)O[C@]45C=CCN(C(C)C)C(=O)C4N(CCCCO)C(=O)[C@@H]5[C@@H]3C2=O)cc1. The summed E-state index contributed by atoms with van der Waals surface area (Å²) in [7, 11) is 0. The van der Waals surface area contributed by atoms with Gasteiger partial charge in [0.1, 0.15) is 17.4 Å². The summed E-state index contributed by atoms with van der Waals surface area (Å²) < 4.78 is 12.4. The first kappa shape index (κ1) is 27.4. The molecular formula is C30H39N3O6. The van der Waals surface area contributed by atoms with Gasteiger partial charge >= 0.3 is 0 Å². The standard InChI is InChI=1S/C30H39N3O6/c1-5-38-22-12-10-21(11-13-22)32-18-8-14-29(4)23(26(32)35)24-27(36)33(16-6-7-19-34)25-28(37)31(20(2)3)17-9-15-30(24,25)39-29/h8-15,20,23-25,34H,5-7,16-19H2,1-4H3/t23-,24+,25?,29+,30+/m1/s1. The fourth-order valence-corrected chi connectivity index (χ4v) is 6.76. The van der Waals surface area contributed by atoms with E-state index in [-0.39, 0.29) is 30.4 Å². The Hall–Kier alpha value is -3.17. The quantitative estimate of drug-likeness (QED) is 0.404. The predicted molar refractivity (Wildman–Crippen MR) is 146 cm³/mol. The topological polar surface area (TPSA) is 99.6 Å². The molecule has 1 aromatic carbocycles. The second-order valence-corrected chi connectivity index (χ2v) is 11.2. The number of aliphatic hydroxyl groups is 1. The number of hydrogen-bond donors (Lipinski definition) is 1. The minimum Gasteiger partial charge on any atom is -0.494 e. The van der Waals surface area contributed by atoms with E-state index < -0.39 is 29.1 Å². The van der Waals surface area contributed by atoms with Crippen molar-refractivity contribution in [2.75, 3.05) is 37.7 Å². The molecule has 1 N–H and O–H groups in total. The van der Waals surface area contributed by atoms with Crippen LogP contribution in [0.15, 0.2) is 48.6 Å². The van der Waals surface area contributed by atoms with Crippen molar-refractivity contribution in [2.24, 2.45) is 11.8 Å². The van der Waals surface area contributed by atoms with Crippen molar-refractivity contribution in [1.82, 2.24) is 9.80 Å². The van der Waals surface area contributed by atoms with Crippen molar-refractivity contribution in [3.05, 3.63) is 48.6 Å². The maximum Gasteiger partial charge on any atom is 0.249 e. The number of unbranched alkanes of at least 4 members (excludes halogenated alkanes) is 1. The van der Waals surface area contributed by atoms with Gasteiger partial charge in [0.05, 0.1) is 24.0 Å². The molecule has 9 heteroatoms. The minimum absolute atomic E-state index is 0.00472. The lowest BCUT2D eigenvalue weighted by molar-refractivity contribution is -0.152. The maximum absolute atomic E-state index is 14.4. The van der Waals surface area contributed by atoms with Crippen molar-refractivity contribution in [3.63, 3.8) is 0 Å². The van der Waals surface area contributed by atoms with Crippen LogP contribution in [0.5, 0.6) is 5.75 Å². The number of rotatable bonds is 8. The van der Waals surface area contributed by atoms with E-state index >= 15 is 0 Å². The van der Waals surface area contributed by atoms with Gasteiger partial charge in [0.15, 0.2) is 0 Å². The number of aliphatic hydroxyl groups excluding tert-OH is 1. The second-order valence-electron chi connectivity index (χ2n) is 11.2. The molecule has 2 saturated heterocycles. The predicted octanol–water partition coefficient (Wildman–Crippen LogP) is 2.54. The molecular weight excluding hydrogens is 498 g/mol. The third kappa shape index (κ3) is 4.36. The highest BCUT2D eigenvalue weighted by atomic mass is 16.5. The average molecular weight is 538 g/mol. The second kappa shape index (κ2) is 10.4. The summed E-state index contributed by atoms with van der Waals surface area (Å²) in [6.07, 6.45) is 8.64. The zero-order chi connectivity index (χ0) is 27.9. The molecule has 5 atom stereocenters. The highest BCUT2D eigenvalue weighted by Crippen LogP contribution is 2.57. The molecule has 0 aromatic heterocycles. The van der Waals surface area contributed by atoms with E-state index in [1.807, 2.05) is 76.3 Å². The Morgan fingerprint density at radius 2 is 1.72 bits per heavy atom. The van der Waals surface area contributed by atoms with E-state index in [1.54, 1.807) is 14.7 Å². The summed E-state index contributed by atoms with van der Waals surface area (Å²) in [6, 6.07) is 6.42. The lowest BCUT2D eigenvalue weighted by Crippen LogP contribution is -2.57. The molecule has 9 nitrogen and oxygen atoms in total. The summed E-state index contributed by atoms with van der Waals surface area (Å²) in [5, 5.41) is 9.37. The van der Waals surface area contributed by atoms with Crippen LogP contribution in [-0.2, 0) is 19.1 Å². The van der Waals surface area contributed by atoms with E-state index in [0.717, 1.165) is 5.75 Å². The summed E-state index contributed by atoms with van der Waals surface area (Å²) in [4.78, 5) is 47.7. The van der Waals surface area contributed by atoms with Gasteiger partial charge in [-0.1, -0.05) is 24.3 Å². The van der Waals surface area contributed by atoms with Crippen LogP contribution in [0.3, 0.4) is 0 Å². The van der Waals surface area contributed by atoms with Gasteiger partial charge in [-0.3, -0.25) is 14.4 Å². The summed E-state index contributed by atoms with van der Waals surface area (Å²) >= 11 is 0. The van der Waals surface area contributed by atoms with Crippen LogP contribution in [-0.4, -0.2) is 88.8 Å². The molecule has 5 rings (SSSR count). The summed E-state index contributed by atoms with van der Waals surface area (Å²) in [5.74, 6) is -1.57. The van der Waals surface area contributed by atoms with Crippen LogP contribution in [0, 0.1) is 11.8 Å². The first-order valence-corrected chi connectivity index (χ1v) is 14.0. The zero-order valence-electron chi connectivity index (χ0n) is 23.2. The van der Waals surface area contributed by atoms with Gasteiger partial charge in [-0.15, -0.1) is 0 Å². The fraction of sp³-hybridized carbons (Fsp3) is 0.567. The van der Waals surface area contributed by atoms with E-state index in [2.05, 4.69) is 0 Å². The highest BCUT2D eigenvalue weighted by Gasteiger charge is 2.74. The van der Waals surface area contributed by atoms with Crippen LogP contribution in [0.25, 0.3) is 0 Å². The highest BCUT2D eigenvalue weighted by molar-refractivity contribution is 6.04. The van der Waals surface area contributed by atoms with Crippen molar-refractivity contribution in [2.45, 2.75) is 63.8 Å². The fourth-order valence-electron chi connectivity index (χ4n) is 6.76. The zero-order valence-corrected chi connectivity index (χ0v) is 23.2. The van der Waals surface area contributed by atoms with E-state index in [9.17, 15) is 19.5 Å². The number of benzene rings is 1. The number of nitrogens with zero attached hydrogens (tertiary/aromatic N) is 3. The van der Waals surface area contributed by atoms with Gasteiger partial charge in [-0.2, -0.15) is 0 Å². The molecule has 4 aliphatic rings. The van der Waals surface area contributed by atoms with Gasteiger partial charge in [0.2, 0.25) is 17.7 Å². The summed E-state index contributed by atoms with van der Waals surface area (Å²) in [5.41, 5.74) is -1.62. The van der Waals surface area contributed by atoms with Crippen molar-refractivity contribution < 1.29 is 29.0 Å². The first-order chi connectivity index (χ1) is 18.7. The number of fused-ring (bicyclic) bond motifs is 2. The number of carbonyl (C=O) groups excluding carboxylic acids is 3. The molecule has 3 amide bonds. The van der Waals surface area contributed by atoms with Crippen molar-refractivity contribution >= 4 is 23.4 Å². The van der Waals surface area contributed by atoms with Gasteiger partial charge in [-0.25, -0.2) is 0 Å². The lowest BCUT2D eigenvalue weighted by atomic mass is 9.74. The van der Waals surface area contributed by atoms with E-state index in [4.69, 9.17) is 9.47 Å². The molecule has 0 aliphatic carbocycles. The smallest absolute Gasteiger partial charge is 0.249 e. The normalized spacial score (nSPS) is 31.9. The molecule has 210 valence electrons. The Labute approximate surface area is 230 Å². The Morgan fingerprint density at radius 1 is 1.00 bits per heavy atom. The van der Waals surface area contributed by atoms with Gasteiger partial charge in [-0.05, 0) is 64.8 Å². The van der Waals surface area contributed by atoms with Crippen LogP contribution in [0.2, 0.25) is 0 Å². The Bertz CT molecular complexity index is 1180. The molecule has 1 unspecified atom stereocenters. The molecule has 1 aromatic rings. The number of likely N-dealkylation sites (tertiary alicyclic amines) is 1. The van der Waals surface area contributed by atoms with Gasteiger partial charge in [0.25, 0.3) is 0 Å². The van der Waals surface area contributed by atoms with Crippen LogP contribution in [0.1, 0.15) is 40.5 Å². The molecule has 0 saturated carbocycles. The summed E-state index contributed by atoms with van der Waals surface area (Å²) in [6.45, 7) is 9.29. The van der Waals surface area contributed by atoms with Crippen molar-refractivity contribution in [3.8, 4) is 5.75 Å². The van der Waals surface area contributed by atoms with Crippen LogP contribution in [0.4, 0.5) is 5.69 Å². The third-order valence-electron chi connectivity index (χ3n) is 8.48. The molecule has 1 spiro atoms. The number of ether oxygens (including phenoxy) is 2. The number of hydrogen-bond acceptors (Lipinski definition) is 6. The van der Waals surface area contributed by atoms with Gasteiger partial charge < -0.3 is 29.3 Å². The molecule has 0 radical (unpaired) electrons. The van der Waals surface area contributed by atoms with Crippen molar-refractivity contribution in [1.29, 1.82) is 0 Å². The molecule has 4 aliphatic heterocycles. The van der Waals surface area contributed by atoms with E-state index in [0.29, 0.717) is 44.8 Å². The number of amides is 3. The van der Waals surface area contributed by atoms with Crippen LogP contribution < -0.4 is 9.64 Å². The molecule has 39 heavy (non-hydrogen) atoms. The molecule has 2 fully saturated rings.